The molecular weight excluding hydrogens is 438 g/mol. The first kappa shape index (κ1) is 23.4. The molecule has 2 aromatic carbocycles. The second kappa shape index (κ2) is 9.05. The third kappa shape index (κ3) is 4.63. The van der Waals surface area contributed by atoms with E-state index in [-0.39, 0.29) is 16.6 Å². The van der Waals surface area contributed by atoms with Gasteiger partial charge >= 0.3 is 0 Å². The first-order chi connectivity index (χ1) is 15.1. The van der Waals surface area contributed by atoms with Crippen molar-refractivity contribution < 1.29 is 32.2 Å². The van der Waals surface area contributed by atoms with Gasteiger partial charge in [0.25, 0.3) is 5.91 Å². The first-order valence-electron chi connectivity index (χ1n) is 9.67. The lowest BCUT2D eigenvalue weighted by Crippen LogP contribution is -2.36. The Labute approximate surface area is 186 Å². The van der Waals surface area contributed by atoms with Crippen molar-refractivity contribution >= 4 is 33.2 Å². The Bertz CT molecular complexity index is 1160. The number of methoxy groups -OCH3 is 2. The average molecular weight is 464 g/mol. The fraction of sp³-hybridized carbons (Fsp3) is 0.333. The molecule has 2 amide bonds. The third-order valence-corrected chi connectivity index (χ3v) is 6.89. The molecule has 0 bridgehead atoms. The molecule has 172 valence electrons. The predicted molar refractivity (Wildman–Crippen MR) is 118 cm³/mol. The monoisotopic (exact) mass is 463 g/mol. The summed E-state index contributed by atoms with van der Waals surface area (Å²) in [4.78, 5) is 24.4. The maximum atomic E-state index is 13.2. The number of benzene rings is 2. The highest BCUT2D eigenvalue weighted by molar-refractivity contribution is 7.89. The summed E-state index contributed by atoms with van der Waals surface area (Å²) >= 11 is 0. The number of rotatable bonds is 7. The Morgan fingerprint density at radius 1 is 1.22 bits per heavy atom. The van der Waals surface area contributed by atoms with E-state index < -0.39 is 28.6 Å². The molecule has 1 atom stereocenters. The number of fused-ring (bicyclic) bond motifs is 1. The molecule has 0 saturated carbocycles. The zero-order chi connectivity index (χ0) is 23.6. The van der Waals surface area contributed by atoms with Gasteiger partial charge in [0.2, 0.25) is 15.9 Å². The summed E-state index contributed by atoms with van der Waals surface area (Å²) in [6.07, 6.45) is -0.748. The SMILES string of the molecule is COc1ccc(OC)c(NC(=O)CN(C)S(=O)(=O)c2cc3c(cc2C)NC(=O)[C@H](C)O3)c1. The molecule has 32 heavy (non-hydrogen) atoms. The minimum absolute atomic E-state index is 0.0196. The molecule has 2 aromatic rings. The van der Waals surface area contributed by atoms with Gasteiger partial charge in [0.1, 0.15) is 17.2 Å². The van der Waals surface area contributed by atoms with Gasteiger partial charge in [-0.25, -0.2) is 8.42 Å². The van der Waals surface area contributed by atoms with Crippen LogP contribution in [0, 0.1) is 6.92 Å². The van der Waals surface area contributed by atoms with E-state index in [1.165, 1.54) is 33.4 Å². The molecule has 0 radical (unpaired) electrons. The van der Waals surface area contributed by atoms with Crippen LogP contribution in [0.3, 0.4) is 0 Å². The molecule has 3 rings (SSSR count). The summed E-state index contributed by atoms with van der Waals surface area (Å²) in [6.45, 7) is 2.73. The van der Waals surface area contributed by atoms with Crippen LogP contribution in [0.5, 0.6) is 17.2 Å². The van der Waals surface area contributed by atoms with E-state index in [1.807, 2.05) is 0 Å². The Balaban J connectivity index is 1.81. The van der Waals surface area contributed by atoms with Gasteiger partial charge in [-0.1, -0.05) is 0 Å². The van der Waals surface area contributed by atoms with E-state index in [9.17, 15) is 18.0 Å². The lowest BCUT2D eigenvalue weighted by Gasteiger charge is -2.25. The summed E-state index contributed by atoms with van der Waals surface area (Å²) in [5.41, 5.74) is 1.16. The van der Waals surface area contributed by atoms with Gasteiger partial charge < -0.3 is 24.8 Å². The van der Waals surface area contributed by atoms with Crippen molar-refractivity contribution in [1.82, 2.24) is 4.31 Å². The molecule has 0 aromatic heterocycles. The van der Waals surface area contributed by atoms with Crippen LogP contribution in [0.4, 0.5) is 11.4 Å². The zero-order valence-corrected chi connectivity index (χ0v) is 19.2. The van der Waals surface area contributed by atoms with Crippen LogP contribution in [0.25, 0.3) is 0 Å². The lowest BCUT2D eigenvalue weighted by atomic mass is 10.1. The summed E-state index contributed by atoms with van der Waals surface area (Å²) < 4.78 is 43.1. The van der Waals surface area contributed by atoms with Crippen molar-refractivity contribution in [2.24, 2.45) is 0 Å². The summed E-state index contributed by atoms with van der Waals surface area (Å²) in [7, 11) is 0.229. The molecule has 1 aliphatic rings. The maximum Gasteiger partial charge on any atom is 0.265 e. The Morgan fingerprint density at radius 2 is 1.94 bits per heavy atom. The van der Waals surface area contributed by atoms with Crippen LogP contribution < -0.4 is 24.8 Å². The van der Waals surface area contributed by atoms with Crippen molar-refractivity contribution in [3.05, 3.63) is 35.9 Å². The fourth-order valence-electron chi connectivity index (χ4n) is 3.18. The number of anilines is 2. The van der Waals surface area contributed by atoms with Gasteiger partial charge in [0.15, 0.2) is 6.10 Å². The quantitative estimate of drug-likeness (QED) is 0.644. The minimum atomic E-state index is -4.03. The first-order valence-corrected chi connectivity index (χ1v) is 11.1. The number of nitrogens with zero attached hydrogens (tertiary/aromatic N) is 1. The maximum absolute atomic E-state index is 13.2. The van der Waals surface area contributed by atoms with Crippen LogP contribution in [-0.2, 0) is 19.6 Å². The van der Waals surface area contributed by atoms with Gasteiger partial charge in [-0.3, -0.25) is 9.59 Å². The van der Waals surface area contributed by atoms with Crippen molar-refractivity contribution in [3.8, 4) is 17.2 Å². The number of hydrogen-bond donors (Lipinski definition) is 2. The molecule has 10 nitrogen and oxygen atoms in total. The van der Waals surface area contributed by atoms with Gasteiger partial charge in [-0.2, -0.15) is 4.31 Å². The second-order valence-corrected chi connectivity index (χ2v) is 9.25. The molecular formula is C21H25N3O7S. The fourth-order valence-corrected chi connectivity index (χ4v) is 4.52. The number of nitrogens with one attached hydrogen (secondary N) is 2. The predicted octanol–water partition coefficient (Wildman–Crippen LogP) is 1.99. The van der Waals surface area contributed by atoms with Crippen molar-refractivity contribution in [1.29, 1.82) is 0 Å². The third-order valence-electron chi connectivity index (χ3n) is 4.94. The number of likely N-dealkylation sites (N-methyl/N-ethyl adjacent to an activating group) is 1. The van der Waals surface area contributed by atoms with Crippen LogP contribution >= 0.6 is 0 Å². The zero-order valence-electron chi connectivity index (χ0n) is 18.4. The minimum Gasteiger partial charge on any atom is -0.497 e. The smallest absolute Gasteiger partial charge is 0.265 e. The molecule has 0 unspecified atom stereocenters. The van der Waals surface area contributed by atoms with Crippen LogP contribution in [0.1, 0.15) is 12.5 Å². The van der Waals surface area contributed by atoms with E-state index in [0.29, 0.717) is 28.4 Å². The summed E-state index contributed by atoms with van der Waals surface area (Å²) in [6, 6.07) is 7.77. The normalized spacial score (nSPS) is 15.4. The number of carbonyl (C=O) groups excluding carboxylic acids is 2. The molecule has 2 N–H and O–H groups in total. The number of amides is 2. The number of sulfonamides is 1. The van der Waals surface area contributed by atoms with Crippen molar-refractivity contribution in [2.45, 2.75) is 24.8 Å². The molecule has 0 saturated heterocycles. The molecule has 0 spiro atoms. The van der Waals surface area contributed by atoms with Crippen molar-refractivity contribution in [3.63, 3.8) is 0 Å². The summed E-state index contributed by atoms with van der Waals surface area (Å²) in [5.74, 6) is 0.293. The summed E-state index contributed by atoms with van der Waals surface area (Å²) in [5, 5.41) is 5.32. The second-order valence-electron chi connectivity index (χ2n) is 7.24. The van der Waals surface area contributed by atoms with Crippen molar-refractivity contribution in [2.75, 3.05) is 38.4 Å². The van der Waals surface area contributed by atoms with Gasteiger partial charge in [-0.15, -0.1) is 0 Å². The number of aryl methyl sites for hydroxylation is 1. The highest BCUT2D eigenvalue weighted by Crippen LogP contribution is 2.35. The van der Waals surface area contributed by atoms with E-state index in [4.69, 9.17) is 14.2 Å². The number of ether oxygens (including phenoxy) is 3. The Hall–Kier alpha value is -3.31. The molecule has 1 aliphatic heterocycles. The van der Waals surface area contributed by atoms with Crippen LogP contribution in [-0.4, -0.2) is 58.5 Å². The molecule has 1 heterocycles. The standard InChI is InChI=1S/C21H25N3O7S/c1-12-8-15-18(31-13(2)21(26)23-15)10-19(12)32(27,28)24(3)11-20(25)22-16-9-14(29-4)6-7-17(16)30-5/h6-10,13H,11H2,1-5H3,(H,22,25)(H,23,26)/t13-/m0/s1. The topological polar surface area (TPSA) is 123 Å². The van der Waals surface area contributed by atoms with E-state index in [1.54, 1.807) is 32.0 Å². The van der Waals surface area contributed by atoms with Crippen LogP contribution in [0.15, 0.2) is 35.2 Å². The number of hydrogen-bond acceptors (Lipinski definition) is 7. The Kier molecular flexibility index (Phi) is 6.60. The van der Waals surface area contributed by atoms with Gasteiger partial charge in [-0.05, 0) is 37.6 Å². The van der Waals surface area contributed by atoms with Gasteiger partial charge in [0.05, 0.1) is 37.0 Å². The van der Waals surface area contributed by atoms with E-state index in [2.05, 4.69) is 10.6 Å². The average Bonchev–Trinajstić information content (AvgIpc) is 2.74. The largest absolute Gasteiger partial charge is 0.497 e. The molecule has 0 aliphatic carbocycles. The van der Waals surface area contributed by atoms with Crippen LogP contribution in [0.2, 0.25) is 0 Å². The number of carbonyl (C=O) groups is 2. The lowest BCUT2D eigenvalue weighted by molar-refractivity contribution is -0.122. The highest BCUT2D eigenvalue weighted by Gasteiger charge is 2.30. The Morgan fingerprint density at radius 3 is 2.59 bits per heavy atom. The van der Waals surface area contributed by atoms with E-state index >= 15 is 0 Å². The molecule has 0 fully saturated rings. The van der Waals surface area contributed by atoms with E-state index in [0.717, 1.165) is 4.31 Å². The molecule has 11 heteroatoms. The van der Waals surface area contributed by atoms with Gasteiger partial charge in [0, 0.05) is 19.2 Å². The highest BCUT2D eigenvalue weighted by atomic mass is 32.2.